The van der Waals surface area contributed by atoms with E-state index in [-0.39, 0.29) is 6.61 Å². The molecule has 3 nitrogen and oxygen atoms in total. The van der Waals surface area contributed by atoms with Gasteiger partial charge in [-0.1, -0.05) is 37.0 Å². The Morgan fingerprint density at radius 1 is 1.22 bits per heavy atom. The van der Waals surface area contributed by atoms with Crippen LogP contribution in [0.15, 0.2) is 18.2 Å². The largest absolute Gasteiger partial charge is 0.491 e. The van der Waals surface area contributed by atoms with E-state index in [0.29, 0.717) is 28.3 Å². The van der Waals surface area contributed by atoms with Gasteiger partial charge in [0.25, 0.3) is 0 Å². The van der Waals surface area contributed by atoms with Gasteiger partial charge in [0.15, 0.2) is 0 Å². The van der Waals surface area contributed by atoms with Gasteiger partial charge in [-0.3, -0.25) is 0 Å². The van der Waals surface area contributed by atoms with Crippen molar-refractivity contribution in [3.8, 4) is 5.75 Å². The summed E-state index contributed by atoms with van der Waals surface area (Å²) < 4.78 is 5.43. The first-order valence-electron chi connectivity index (χ1n) is 5.95. The van der Waals surface area contributed by atoms with Gasteiger partial charge in [-0.15, -0.1) is 0 Å². The summed E-state index contributed by atoms with van der Waals surface area (Å²) in [4.78, 5) is 0. The van der Waals surface area contributed by atoms with Crippen molar-refractivity contribution in [3.63, 3.8) is 0 Å². The van der Waals surface area contributed by atoms with E-state index in [1.165, 1.54) is 0 Å². The summed E-state index contributed by atoms with van der Waals surface area (Å²) in [7, 11) is 0. The Labute approximate surface area is 118 Å². The van der Waals surface area contributed by atoms with E-state index in [2.05, 4.69) is 19.2 Å². The molecule has 5 heteroatoms. The van der Waals surface area contributed by atoms with Crippen LogP contribution in [-0.4, -0.2) is 30.9 Å². The van der Waals surface area contributed by atoms with Crippen LogP contribution < -0.4 is 10.1 Å². The van der Waals surface area contributed by atoms with Gasteiger partial charge in [0.05, 0.1) is 10.0 Å². The number of halogens is 2. The molecule has 0 aliphatic heterocycles. The zero-order valence-corrected chi connectivity index (χ0v) is 12.1. The lowest BCUT2D eigenvalue weighted by Crippen LogP contribution is -2.33. The van der Waals surface area contributed by atoms with Crippen molar-refractivity contribution in [2.45, 2.75) is 20.0 Å². The highest BCUT2D eigenvalue weighted by Crippen LogP contribution is 2.26. The van der Waals surface area contributed by atoms with Crippen molar-refractivity contribution in [3.05, 3.63) is 28.2 Å². The van der Waals surface area contributed by atoms with Gasteiger partial charge >= 0.3 is 0 Å². The molecule has 1 aromatic carbocycles. The average molecular weight is 292 g/mol. The van der Waals surface area contributed by atoms with Crippen molar-refractivity contribution in [1.29, 1.82) is 0 Å². The highest BCUT2D eigenvalue weighted by Gasteiger charge is 2.06. The minimum absolute atomic E-state index is 0.225. The molecule has 0 fully saturated rings. The summed E-state index contributed by atoms with van der Waals surface area (Å²) in [5.41, 5.74) is 0. The van der Waals surface area contributed by atoms with Gasteiger partial charge in [-0.25, -0.2) is 0 Å². The van der Waals surface area contributed by atoms with Crippen LogP contribution in [0.4, 0.5) is 0 Å². The molecule has 0 aliphatic carbocycles. The normalized spacial score (nSPS) is 12.8. The number of aliphatic hydroxyl groups excluding tert-OH is 1. The maximum Gasteiger partial charge on any atom is 0.121 e. The molecule has 1 atom stereocenters. The van der Waals surface area contributed by atoms with Crippen LogP contribution in [0.2, 0.25) is 10.0 Å². The molecule has 0 heterocycles. The molecule has 0 bridgehead atoms. The molecule has 0 spiro atoms. The Balaban J connectivity index is 2.29. The number of nitrogens with one attached hydrogen (secondary N) is 1. The maximum atomic E-state index is 9.70. The highest BCUT2D eigenvalue weighted by atomic mass is 35.5. The number of hydrogen-bond acceptors (Lipinski definition) is 3. The molecule has 102 valence electrons. The molecule has 2 N–H and O–H groups in total. The lowest BCUT2D eigenvalue weighted by Gasteiger charge is -2.14. The summed E-state index contributed by atoms with van der Waals surface area (Å²) in [6.07, 6.45) is -0.543. The fourth-order valence-corrected chi connectivity index (χ4v) is 1.64. The third-order valence-electron chi connectivity index (χ3n) is 2.27. The second kappa shape index (κ2) is 7.85. The first kappa shape index (κ1) is 15.6. The third-order valence-corrected chi connectivity index (χ3v) is 3.01. The smallest absolute Gasteiger partial charge is 0.121 e. The number of aliphatic hydroxyl groups is 1. The van der Waals surface area contributed by atoms with E-state index >= 15 is 0 Å². The summed E-state index contributed by atoms with van der Waals surface area (Å²) in [5, 5.41) is 13.8. The first-order chi connectivity index (χ1) is 8.49. The minimum Gasteiger partial charge on any atom is -0.491 e. The lowest BCUT2D eigenvalue weighted by atomic mass is 10.2. The lowest BCUT2D eigenvalue weighted by molar-refractivity contribution is 0.106. The number of benzene rings is 1. The van der Waals surface area contributed by atoms with E-state index in [1.54, 1.807) is 18.2 Å². The SMILES string of the molecule is CC(C)CNC[C@H](O)COc1ccc(Cl)c(Cl)c1. The van der Waals surface area contributed by atoms with Gasteiger partial charge in [-0.05, 0) is 24.6 Å². The molecule has 18 heavy (non-hydrogen) atoms. The highest BCUT2D eigenvalue weighted by molar-refractivity contribution is 6.42. The Morgan fingerprint density at radius 3 is 2.56 bits per heavy atom. The molecule has 0 amide bonds. The number of ether oxygens (including phenoxy) is 1. The zero-order valence-electron chi connectivity index (χ0n) is 10.6. The standard InChI is InChI=1S/C13H19Cl2NO2/c1-9(2)6-16-7-10(17)8-18-11-3-4-12(14)13(15)5-11/h3-5,9-10,16-17H,6-8H2,1-2H3/t10-/m0/s1. The quantitative estimate of drug-likeness (QED) is 0.812. The monoisotopic (exact) mass is 291 g/mol. The summed E-state index contributed by atoms with van der Waals surface area (Å²) in [6.45, 7) is 5.85. The summed E-state index contributed by atoms with van der Waals surface area (Å²) >= 11 is 11.7. The molecule has 0 saturated heterocycles. The van der Waals surface area contributed by atoms with Gasteiger partial charge in [0.2, 0.25) is 0 Å². The van der Waals surface area contributed by atoms with E-state index in [1.807, 2.05) is 0 Å². The van der Waals surface area contributed by atoms with Crippen molar-refractivity contribution in [1.82, 2.24) is 5.32 Å². The summed E-state index contributed by atoms with van der Waals surface area (Å²) in [5.74, 6) is 1.17. The van der Waals surface area contributed by atoms with Crippen molar-refractivity contribution in [2.24, 2.45) is 5.92 Å². The van der Waals surface area contributed by atoms with Crippen LogP contribution in [0.1, 0.15) is 13.8 Å². The van der Waals surface area contributed by atoms with Gasteiger partial charge in [0, 0.05) is 12.6 Å². The van der Waals surface area contributed by atoms with Crippen LogP contribution >= 0.6 is 23.2 Å². The molecule has 0 unspecified atom stereocenters. The Morgan fingerprint density at radius 2 is 1.94 bits per heavy atom. The maximum absolute atomic E-state index is 9.70. The second-order valence-corrected chi connectivity index (χ2v) is 5.41. The molecule has 0 radical (unpaired) electrons. The van der Waals surface area contributed by atoms with Crippen LogP contribution in [-0.2, 0) is 0 Å². The zero-order chi connectivity index (χ0) is 13.5. The van der Waals surface area contributed by atoms with Crippen LogP contribution in [0.5, 0.6) is 5.75 Å². The first-order valence-corrected chi connectivity index (χ1v) is 6.71. The van der Waals surface area contributed by atoms with E-state index in [4.69, 9.17) is 27.9 Å². The molecular weight excluding hydrogens is 273 g/mol. The molecule has 0 aromatic heterocycles. The predicted octanol–water partition coefficient (Wildman–Crippen LogP) is 2.98. The Kier molecular flexibility index (Phi) is 6.79. The molecule has 1 aromatic rings. The van der Waals surface area contributed by atoms with Crippen molar-refractivity contribution in [2.75, 3.05) is 19.7 Å². The van der Waals surface area contributed by atoms with Gasteiger partial charge in [-0.2, -0.15) is 0 Å². The van der Waals surface area contributed by atoms with Crippen LogP contribution in [0.3, 0.4) is 0 Å². The fourth-order valence-electron chi connectivity index (χ4n) is 1.36. The molecule has 1 rings (SSSR count). The second-order valence-electron chi connectivity index (χ2n) is 4.59. The number of rotatable bonds is 7. The third kappa shape index (κ3) is 5.91. The average Bonchev–Trinajstić information content (AvgIpc) is 2.30. The van der Waals surface area contributed by atoms with Gasteiger partial charge < -0.3 is 15.2 Å². The molecule has 0 saturated carbocycles. The molecular formula is C13H19Cl2NO2. The summed E-state index contributed by atoms with van der Waals surface area (Å²) in [6, 6.07) is 5.03. The number of hydrogen-bond donors (Lipinski definition) is 2. The Bertz CT molecular complexity index is 372. The van der Waals surface area contributed by atoms with E-state index in [9.17, 15) is 5.11 Å². The van der Waals surface area contributed by atoms with Gasteiger partial charge in [0.1, 0.15) is 18.5 Å². The van der Waals surface area contributed by atoms with Crippen LogP contribution in [0, 0.1) is 5.92 Å². The van der Waals surface area contributed by atoms with E-state index < -0.39 is 6.10 Å². The van der Waals surface area contributed by atoms with E-state index in [0.717, 1.165) is 6.54 Å². The van der Waals surface area contributed by atoms with Crippen molar-refractivity contribution >= 4 is 23.2 Å². The van der Waals surface area contributed by atoms with Crippen molar-refractivity contribution < 1.29 is 9.84 Å². The van der Waals surface area contributed by atoms with Crippen LogP contribution in [0.25, 0.3) is 0 Å². The Hall–Kier alpha value is -0.480. The predicted molar refractivity (Wildman–Crippen MR) is 75.7 cm³/mol. The minimum atomic E-state index is -0.543. The fraction of sp³-hybridized carbons (Fsp3) is 0.538. The topological polar surface area (TPSA) is 41.5 Å². The molecule has 0 aliphatic rings.